The molecule has 2 aliphatic rings. The van der Waals surface area contributed by atoms with E-state index in [4.69, 9.17) is 0 Å². The number of carbonyl (C=O) groups excluding carboxylic acids is 2. The summed E-state index contributed by atoms with van der Waals surface area (Å²) in [5.41, 5.74) is 2.32. The van der Waals surface area contributed by atoms with Gasteiger partial charge in [0.15, 0.2) is 0 Å². The van der Waals surface area contributed by atoms with E-state index in [2.05, 4.69) is 53.8 Å². The number of benzene rings is 1. The number of fused-ring (bicyclic) bond motifs is 1. The summed E-state index contributed by atoms with van der Waals surface area (Å²) in [6, 6.07) is 10.6. The fourth-order valence-corrected chi connectivity index (χ4v) is 5.31. The molecule has 2 amide bonds. The summed E-state index contributed by atoms with van der Waals surface area (Å²) in [5.74, 6) is 0.113. The van der Waals surface area contributed by atoms with E-state index in [9.17, 15) is 9.59 Å². The zero-order chi connectivity index (χ0) is 21.3. The zero-order valence-corrected chi connectivity index (χ0v) is 18.5. The lowest BCUT2D eigenvalue weighted by Gasteiger charge is -2.34. The van der Waals surface area contributed by atoms with Gasteiger partial charge in [-0.2, -0.15) is 0 Å². The van der Waals surface area contributed by atoms with Gasteiger partial charge in [-0.05, 0) is 56.3 Å². The largest absolute Gasteiger partial charge is 0.346 e. The van der Waals surface area contributed by atoms with Gasteiger partial charge in [0.05, 0.1) is 6.54 Å². The fourth-order valence-electron chi connectivity index (χ4n) is 5.31. The van der Waals surface area contributed by atoms with Crippen LogP contribution in [0, 0.1) is 0 Å². The molecule has 2 aromatic rings. The van der Waals surface area contributed by atoms with Crippen LogP contribution in [0.5, 0.6) is 0 Å². The van der Waals surface area contributed by atoms with Crippen LogP contribution >= 0.6 is 0 Å². The molecule has 1 aromatic heterocycles. The summed E-state index contributed by atoms with van der Waals surface area (Å²) in [5, 5.41) is 1.20. The molecule has 6 nitrogen and oxygen atoms in total. The van der Waals surface area contributed by atoms with E-state index in [0.29, 0.717) is 19.1 Å². The first-order valence-corrected chi connectivity index (χ1v) is 11.3. The van der Waals surface area contributed by atoms with Crippen molar-refractivity contribution in [2.45, 2.75) is 58.2 Å². The Morgan fingerprint density at radius 3 is 2.63 bits per heavy atom. The number of para-hydroxylation sites is 1. The van der Waals surface area contributed by atoms with Crippen LogP contribution in [0.2, 0.25) is 0 Å². The number of likely N-dealkylation sites (N-methyl/N-ethyl adjacent to an activating group) is 1. The third-order valence-electron chi connectivity index (χ3n) is 6.99. The van der Waals surface area contributed by atoms with Crippen molar-refractivity contribution in [2.24, 2.45) is 7.05 Å². The van der Waals surface area contributed by atoms with Crippen molar-refractivity contribution in [3.63, 3.8) is 0 Å². The van der Waals surface area contributed by atoms with Crippen molar-refractivity contribution in [2.75, 3.05) is 26.2 Å². The first-order valence-electron chi connectivity index (χ1n) is 11.3. The number of aryl methyl sites for hydroxylation is 1. The average Bonchev–Trinajstić information content (AvgIpc) is 3.46. The molecule has 0 aliphatic carbocycles. The molecule has 4 rings (SSSR count). The Morgan fingerprint density at radius 1 is 1.13 bits per heavy atom. The van der Waals surface area contributed by atoms with Gasteiger partial charge >= 0.3 is 0 Å². The summed E-state index contributed by atoms with van der Waals surface area (Å²) in [6.07, 6.45) is 4.00. The smallest absolute Gasteiger partial charge is 0.245 e. The predicted octanol–water partition coefficient (Wildman–Crippen LogP) is 3.00. The second-order valence-electron chi connectivity index (χ2n) is 8.77. The monoisotopic (exact) mass is 410 g/mol. The Hall–Kier alpha value is -2.34. The van der Waals surface area contributed by atoms with Crippen LogP contribution < -0.4 is 0 Å². The molecule has 0 saturated carbocycles. The van der Waals surface area contributed by atoms with E-state index >= 15 is 0 Å². The minimum atomic E-state index is -0.311. The summed E-state index contributed by atoms with van der Waals surface area (Å²) < 4.78 is 2.19. The summed E-state index contributed by atoms with van der Waals surface area (Å²) >= 11 is 0. The topological polar surface area (TPSA) is 48.8 Å². The number of hydrogen-bond donors (Lipinski definition) is 0. The SMILES string of the molecule is CCN1CCC[C@@H]1CN(Cc1cc2ccccc2n1C)C(=O)[C@@H]1CCCN1C(C)=O. The normalized spacial score (nSPS) is 22.2. The standard InChI is InChI=1S/C24H34N4O2/c1-4-26-13-7-10-20(26)16-27(24(30)23-12-8-14-28(23)18(2)29)17-21-15-19-9-5-6-11-22(19)25(21)3/h5-6,9,11,15,20,23H,4,7-8,10,12-14,16-17H2,1-3H3/t20-,23+/m1/s1. The molecule has 30 heavy (non-hydrogen) atoms. The Bertz CT molecular complexity index is 921. The molecule has 0 N–H and O–H groups in total. The minimum Gasteiger partial charge on any atom is -0.346 e. The van der Waals surface area contributed by atoms with Crippen molar-refractivity contribution in [3.05, 3.63) is 36.0 Å². The number of nitrogens with zero attached hydrogens (tertiary/aromatic N) is 4. The lowest BCUT2D eigenvalue weighted by molar-refractivity contribution is -0.143. The van der Waals surface area contributed by atoms with Crippen molar-refractivity contribution in [1.29, 1.82) is 0 Å². The minimum absolute atomic E-state index is 0.00598. The highest BCUT2D eigenvalue weighted by Gasteiger charge is 2.37. The number of likely N-dealkylation sites (tertiary alicyclic amines) is 2. The van der Waals surface area contributed by atoms with Crippen molar-refractivity contribution < 1.29 is 9.59 Å². The summed E-state index contributed by atoms with van der Waals surface area (Å²) in [4.78, 5) is 32.1. The average molecular weight is 411 g/mol. The van der Waals surface area contributed by atoms with E-state index in [1.54, 1.807) is 11.8 Å². The van der Waals surface area contributed by atoms with E-state index < -0.39 is 0 Å². The van der Waals surface area contributed by atoms with E-state index in [1.165, 1.54) is 17.3 Å². The highest BCUT2D eigenvalue weighted by molar-refractivity contribution is 5.88. The van der Waals surface area contributed by atoms with Gasteiger partial charge in [-0.1, -0.05) is 25.1 Å². The number of carbonyl (C=O) groups is 2. The summed E-state index contributed by atoms with van der Waals surface area (Å²) in [6.45, 7) is 7.91. The lowest BCUT2D eigenvalue weighted by atomic mass is 10.1. The van der Waals surface area contributed by atoms with Gasteiger partial charge in [-0.25, -0.2) is 0 Å². The van der Waals surface area contributed by atoms with Gasteiger partial charge in [-0.3, -0.25) is 14.5 Å². The Balaban J connectivity index is 1.61. The van der Waals surface area contributed by atoms with E-state index in [0.717, 1.165) is 44.6 Å². The highest BCUT2D eigenvalue weighted by atomic mass is 16.2. The molecule has 162 valence electrons. The second kappa shape index (κ2) is 8.80. The van der Waals surface area contributed by atoms with E-state index in [-0.39, 0.29) is 17.9 Å². The van der Waals surface area contributed by atoms with Gasteiger partial charge in [0.1, 0.15) is 6.04 Å². The fraction of sp³-hybridized carbons (Fsp3) is 0.583. The maximum absolute atomic E-state index is 13.7. The molecule has 6 heteroatoms. The van der Waals surface area contributed by atoms with Crippen LogP contribution in [-0.4, -0.2) is 69.3 Å². The van der Waals surface area contributed by atoms with Gasteiger partial charge in [-0.15, -0.1) is 0 Å². The van der Waals surface area contributed by atoms with Crippen LogP contribution in [0.25, 0.3) is 10.9 Å². The van der Waals surface area contributed by atoms with Crippen molar-refractivity contribution in [3.8, 4) is 0 Å². The van der Waals surface area contributed by atoms with Crippen LogP contribution in [0.3, 0.4) is 0 Å². The van der Waals surface area contributed by atoms with Crippen LogP contribution in [-0.2, 0) is 23.2 Å². The Labute approximate surface area is 179 Å². The second-order valence-corrected chi connectivity index (χ2v) is 8.77. The number of rotatable bonds is 6. The molecule has 3 heterocycles. The van der Waals surface area contributed by atoms with Gasteiger partial charge in [0.25, 0.3) is 0 Å². The highest BCUT2D eigenvalue weighted by Crippen LogP contribution is 2.25. The number of hydrogen-bond acceptors (Lipinski definition) is 3. The van der Waals surface area contributed by atoms with E-state index in [1.807, 2.05) is 4.90 Å². The van der Waals surface area contributed by atoms with Crippen LogP contribution in [0.15, 0.2) is 30.3 Å². The van der Waals surface area contributed by atoms with Gasteiger partial charge in [0, 0.05) is 44.3 Å². The van der Waals surface area contributed by atoms with Crippen LogP contribution in [0.1, 0.15) is 45.2 Å². The molecule has 2 atom stereocenters. The third kappa shape index (κ3) is 3.97. The van der Waals surface area contributed by atoms with Gasteiger partial charge in [0.2, 0.25) is 11.8 Å². The molecule has 2 saturated heterocycles. The number of amides is 2. The Morgan fingerprint density at radius 2 is 1.90 bits per heavy atom. The maximum atomic E-state index is 13.7. The van der Waals surface area contributed by atoms with Gasteiger partial charge < -0.3 is 14.4 Å². The predicted molar refractivity (Wildman–Crippen MR) is 119 cm³/mol. The first kappa shape index (κ1) is 20.9. The quantitative estimate of drug-likeness (QED) is 0.736. The molecule has 2 aliphatic heterocycles. The third-order valence-corrected chi connectivity index (χ3v) is 6.99. The molecule has 2 fully saturated rings. The van der Waals surface area contributed by atoms with Crippen molar-refractivity contribution in [1.82, 2.24) is 19.3 Å². The molecular formula is C24H34N4O2. The molecular weight excluding hydrogens is 376 g/mol. The molecule has 0 radical (unpaired) electrons. The molecule has 0 spiro atoms. The van der Waals surface area contributed by atoms with Crippen molar-refractivity contribution >= 4 is 22.7 Å². The molecule has 0 unspecified atom stereocenters. The number of aromatic nitrogens is 1. The lowest BCUT2D eigenvalue weighted by Crippen LogP contribution is -2.50. The molecule has 1 aromatic carbocycles. The summed E-state index contributed by atoms with van der Waals surface area (Å²) in [7, 11) is 2.08. The first-order chi connectivity index (χ1) is 14.5. The maximum Gasteiger partial charge on any atom is 0.245 e. The van der Waals surface area contributed by atoms with Crippen LogP contribution in [0.4, 0.5) is 0 Å². The zero-order valence-electron chi connectivity index (χ0n) is 18.5. The Kier molecular flexibility index (Phi) is 6.14. The molecule has 0 bridgehead atoms.